The summed E-state index contributed by atoms with van der Waals surface area (Å²) < 4.78 is 5.71. The Labute approximate surface area is 145 Å². The van der Waals surface area contributed by atoms with Crippen LogP contribution in [-0.2, 0) is 4.79 Å². The number of hydrogen-bond acceptors (Lipinski definition) is 2. The van der Waals surface area contributed by atoms with Crippen molar-refractivity contribution in [3.63, 3.8) is 0 Å². The Morgan fingerprint density at radius 1 is 0.917 bits per heavy atom. The van der Waals surface area contributed by atoms with E-state index >= 15 is 0 Å². The third-order valence-electron chi connectivity index (χ3n) is 4.36. The smallest absolute Gasteiger partial charge is 0.308 e. The van der Waals surface area contributed by atoms with E-state index in [0.29, 0.717) is 11.7 Å². The summed E-state index contributed by atoms with van der Waals surface area (Å²) in [4.78, 5) is 11.7. The number of benzene rings is 2. The second kappa shape index (κ2) is 7.21. The first-order chi connectivity index (χ1) is 11.2. The van der Waals surface area contributed by atoms with Gasteiger partial charge in [0.05, 0.1) is 0 Å². The minimum absolute atomic E-state index is 0.275. The number of ether oxygens (including phenoxy) is 1. The summed E-state index contributed by atoms with van der Waals surface area (Å²) in [6.45, 7) is 14.3. The van der Waals surface area contributed by atoms with E-state index in [2.05, 4.69) is 71.9 Å². The van der Waals surface area contributed by atoms with Crippen molar-refractivity contribution in [3.8, 4) is 16.9 Å². The van der Waals surface area contributed by atoms with Crippen molar-refractivity contribution in [2.45, 2.75) is 60.3 Å². The number of carbonyl (C=O) groups is 1. The van der Waals surface area contributed by atoms with Gasteiger partial charge in [0, 0.05) is 12.5 Å². The molecule has 0 atom stereocenters. The topological polar surface area (TPSA) is 26.3 Å². The fourth-order valence-electron chi connectivity index (χ4n) is 3.13. The first-order valence-corrected chi connectivity index (χ1v) is 8.65. The number of carbonyl (C=O) groups excluding carboxylic acids is 1. The maximum Gasteiger partial charge on any atom is 0.308 e. The zero-order valence-corrected chi connectivity index (χ0v) is 15.9. The molecule has 2 heteroatoms. The Hall–Kier alpha value is -2.09. The molecule has 0 aliphatic carbocycles. The number of hydrogen-bond donors (Lipinski definition) is 0. The highest BCUT2D eigenvalue weighted by atomic mass is 16.5. The largest absolute Gasteiger partial charge is 0.426 e. The molecule has 0 fully saturated rings. The second-order valence-corrected chi connectivity index (χ2v) is 7.17. The van der Waals surface area contributed by atoms with Crippen LogP contribution >= 0.6 is 0 Å². The van der Waals surface area contributed by atoms with Gasteiger partial charge in [-0.25, -0.2) is 0 Å². The molecule has 0 spiro atoms. The molecule has 2 rings (SSSR count). The van der Waals surface area contributed by atoms with Gasteiger partial charge in [-0.05, 0) is 47.9 Å². The highest BCUT2D eigenvalue weighted by Gasteiger charge is 2.21. The number of aryl methyl sites for hydroxylation is 2. The number of rotatable bonds is 4. The van der Waals surface area contributed by atoms with Crippen LogP contribution in [0.5, 0.6) is 5.75 Å². The monoisotopic (exact) mass is 324 g/mol. The van der Waals surface area contributed by atoms with E-state index in [9.17, 15) is 4.79 Å². The van der Waals surface area contributed by atoms with Gasteiger partial charge in [0.15, 0.2) is 0 Å². The molecule has 128 valence electrons. The van der Waals surface area contributed by atoms with Crippen molar-refractivity contribution in [3.05, 3.63) is 52.6 Å². The molecule has 0 radical (unpaired) electrons. The van der Waals surface area contributed by atoms with Crippen molar-refractivity contribution >= 4 is 5.97 Å². The fourth-order valence-corrected chi connectivity index (χ4v) is 3.13. The molecular weight excluding hydrogens is 296 g/mol. The Morgan fingerprint density at radius 2 is 1.50 bits per heavy atom. The van der Waals surface area contributed by atoms with Crippen LogP contribution in [0.25, 0.3) is 11.1 Å². The van der Waals surface area contributed by atoms with Gasteiger partial charge in [0.25, 0.3) is 0 Å². The van der Waals surface area contributed by atoms with Crippen LogP contribution in [0.3, 0.4) is 0 Å². The Kier molecular flexibility index (Phi) is 5.48. The van der Waals surface area contributed by atoms with Gasteiger partial charge in [-0.15, -0.1) is 0 Å². The van der Waals surface area contributed by atoms with Gasteiger partial charge in [0.2, 0.25) is 0 Å². The Balaban J connectivity index is 2.85. The van der Waals surface area contributed by atoms with Gasteiger partial charge in [-0.3, -0.25) is 4.79 Å². The van der Waals surface area contributed by atoms with Gasteiger partial charge in [0.1, 0.15) is 5.75 Å². The standard InChI is InChI=1S/C22H28O2/c1-13(2)18-10-8-15(5)12-20(18)21-16(6)9-11-19(14(3)4)22(21)24-17(7)23/h8-14H,1-7H3. The van der Waals surface area contributed by atoms with Gasteiger partial charge in [-0.1, -0.05) is 63.6 Å². The third kappa shape index (κ3) is 3.69. The van der Waals surface area contributed by atoms with E-state index < -0.39 is 0 Å². The molecule has 0 aromatic heterocycles. The predicted molar refractivity (Wildman–Crippen MR) is 101 cm³/mol. The van der Waals surface area contributed by atoms with E-state index in [1.807, 2.05) is 0 Å². The van der Waals surface area contributed by atoms with Crippen molar-refractivity contribution in [2.75, 3.05) is 0 Å². The lowest BCUT2D eigenvalue weighted by Crippen LogP contribution is -2.08. The Morgan fingerprint density at radius 3 is 2.04 bits per heavy atom. The molecule has 2 nitrogen and oxygen atoms in total. The van der Waals surface area contributed by atoms with Crippen LogP contribution < -0.4 is 4.74 Å². The van der Waals surface area contributed by atoms with Gasteiger partial charge in [-0.2, -0.15) is 0 Å². The third-order valence-corrected chi connectivity index (χ3v) is 4.36. The molecule has 0 aliphatic rings. The van der Waals surface area contributed by atoms with Crippen molar-refractivity contribution in [2.24, 2.45) is 0 Å². The van der Waals surface area contributed by atoms with Crippen molar-refractivity contribution in [1.29, 1.82) is 0 Å². The maximum absolute atomic E-state index is 11.7. The highest BCUT2D eigenvalue weighted by molar-refractivity contribution is 5.82. The van der Waals surface area contributed by atoms with Crippen LogP contribution in [0.4, 0.5) is 0 Å². The summed E-state index contributed by atoms with van der Waals surface area (Å²) in [5.74, 6) is 1.12. The molecular formula is C22H28O2. The first kappa shape index (κ1) is 18.3. The average Bonchev–Trinajstić information content (AvgIpc) is 2.46. The van der Waals surface area contributed by atoms with E-state index in [0.717, 1.165) is 16.7 Å². The van der Waals surface area contributed by atoms with Crippen LogP contribution in [0.2, 0.25) is 0 Å². The molecule has 0 saturated heterocycles. The van der Waals surface area contributed by atoms with Crippen LogP contribution in [0.15, 0.2) is 30.3 Å². The van der Waals surface area contributed by atoms with Crippen LogP contribution in [0, 0.1) is 13.8 Å². The molecule has 2 aromatic rings. The SMILES string of the molecule is CC(=O)Oc1c(C(C)C)ccc(C)c1-c1cc(C)ccc1C(C)C. The normalized spacial score (nSPS) is 11.2. The zero-order valence-electron chi connectivity index (χ0n) is 15.9. The minimum atomic E-state index is -0.275. The lowest BCUT2D eigenvalue weighted by atomic mass is 9.86. The van der Waals surface area contributed by atoms with E-state index in [4.69, 9.17) is 4.74 Å². The summed E-state index contributed by atoms with van der Waals surface area (Å²) >= 11 is 0. The molecule has 0 N–H and O–H groups in total. The van der Waals surface area contributed by atoms with E-state index in [1.54, 1.807) is 0 Å². The fraction of sp³-hybridized carbons (Fsp3) is 0.409. The molecule has 0 amide bonds. The minimum Gasteiger partial charge on any atom is -0.426 e. The zero-order chi connectivity index (χ0) is 18.0. The molecule has 0 aliphatic heterocycles. The highest BCUT2D eigenvalue weighted by Crippen LogP contribution is 2.42. The van der Waals surface area contributed by atoms with E-state index in [-0.39, 0.29) is 11.9 Å². The molecule has 0 heterocycles. The van der Waals surface area contributed by atoms with Crippen molar-refractivity contribution in [1.82, 2.24) is 0 Å². The Bertz CT molecular complexity index is 755. The number of esters is 1. The quantitative estimate of drug-likeness (QED) is 0.498. The summed E-state index contributed by atoms with van der Waals surface area (Å²) in [7, 11) is 0. The average molecular weight is 324 g/mol. The van der Waals surface area contributed by atoms with E-state index in [1.165, 1.54) is 23.6 Å². The molecule has 0 saturated carbocycles. The lowest BCUT2D eigenvalue weighted by Gasteiger charge is -2.22. The molecule has 0 unspecified atom stereocenters. The molecule has 24 heavy (non-hydrogen) atoms. The van der Waals surface area contributed by atoms with Crippen LogP contribution in [0.1, 0.15) is 68.7 Å². The maximum atomic E-state index is 11.7. The van der Waals surface area contributed by atoms with Crippen LogP contribution in [-0.4, -0.2) is 5.97 Å². The summed E-state index contributed by atoms with van der Waals surface area (Å²) in [5, 5.41) is 0. The summed E-state index contributed by atoms with van der Waals surface area (Å²) in [6, 6.07) is 10.7. The second-order valence-electron chi connectivity index (χ2n) is 7.17. The lowest BCUT2D eigenvalue weighted by molar-refractivity contribution is -0.131. The predicted octanol–water partition coefficient (Wildman–Crippen LogP) is 6.14. The summed E-state index contributed by atoms with van der Waals surface area (Å²) in [5.41, 5.74) is 6.89. The molecule has 2 aromatic carbocycles. The van der Waals surface area contributed by atoms with Crippen molar-refractivity contribution < 1.29 is 9.53 Å². The summed E-state index contributed by atoms with van der Waals surface area (Å²) in [6.07, 6.45) is 0. The van der Waals surface area contributed by atoms with Gasteiger partial charge < -0.3 is 4.74 Å². The first-order valence-electron chi connectivity index (χ1n) is 8.65. The molecule has 0 bridgehead atoms. The van der Waals surface area contributed by atoms with Gasteiger partial charge >= 0.3 is 5.97 Å².